The van der Waals surface area contributed by atoms with Crippen molar-refractivity contribution in [3.63, 3.8) is 0 Å². The van der Waals surface area contributed by atoms with Gasteiger partial charge in [0.25, 0.3) is 0 Å². The molecule has 3 heterocycles. The number of hydrogen-bond acceptors (Lipinski definition) is 11. The van der Waals surface area contributed by atoms with Crippen molar-refractivity contribution in [2.75, 3.05) is 31.3 Å². The summed E-state index contributed by atoms with van der Waals surface area (Å²) in [5, 5.41) is 42.7. The monoisotopic (exact) mass is 432 g/mol. The summed E-state index contributed by atoms with van der Waals surface area (Å²) in [4.78, 5) is 12.7. The molecule has 0 bridgehead atoms. The van der Waals surface area contributed by atoms with Crippen molar-refractivity contribution in [2.24, 2.45) is 0 Å². The van der Waals surface area contributed by atoms with E-state index < -0.39 is 31.1 Å². The summed E-state index contributed by atoms with van der Waals surface area (Å²) in [7, 11) is 1.49. The SMILES string of the molecule is COc1ccc(CCNc2nc(N)nc3c2ncn3C2O[C@H](CO)[C@@H](O)[C@H]2O)cc1O. The number of aliphatic hydroxyl groups excluding tert-OH is 3. The van der Waals surface area contributed by atoms with E-state index in [9.17, 15) is 20.4 Å². The van der Waals surface area contributed by atoms with Crippen LogP contribution in [-0.4, -0.2) is 78.5 Å². The highest BCUT2D eigenvalue weighted by Crippen LogP contribution is 2.32. The number of nitrogens with one attached hydrogen (secondary N) is 1. The van der Waals surface area contributed by atoms with Gasteiger partial charge in [-0.2, -0.15) is 9.97 Å². The zero-order valence-corrected chi connectivity index (χ0v) is 16.7. The summed E-state index contributed by atoms with van der Waals surface area (Å²) in [6, 6.07) is 5.16. The molecule has 4 rings (SSSR count). The first-order chi connectivity index (χ1) is 14.9. The number of methoxy groups -OCH3 is 1. The zero-order valence-electron chi connectivity index (χ0n) is 16.7. The van der Waals surface area contributed by atoms with E-state index in [1.165, 1.54) is 18.0 Å². The van der Waals surface area contributed by atoms with E-state index >= 15 is 0 Å². The van der Waals surface area contributed by atoms with Crippen molar-refractivity contribution in [1.29, 1.82) is 0 Å². The van der Waals surface area contributed by atoms with Crippen molar-refractivity contribution in [2.45, 2.75) is 31.0 Å². The minimum absolute atomic E-state index is 0.00872. The number of imidazole rings is 1. The van der Waals surface area contributed by atoms with Gasteiger partial charge in [0.15, 0.2) is 34.7 Å². The van der Waals surface area contributed by atoms with Gasteiger partial charge in [-0.1, -0.05) is 6.07 Å². The lowest BCUT2D eigenvalue weighted by Crippen LogP contribution is -2.33. The fourth-order valence-electron chi connectivity index (χ4n) is 3.57. The summed E-state index contributed by atoms with van der Waals surface area (Å²) in [6.07, 6.45) is -2.43. The van der Waals surface area contributed by atoms with Crippen molar-refractivity contribution < 1.29 is 29.9 Å². The Hall–Kier alpha value is -3.19. The highest BCUT2D eigenvalue weighted by Gasteiger charge is 2.44. The first-order valence-electron chi connectivity index (χ1n) is 9.65. The van der Waals surface area contributed by atoms with Crippen LogP contribution in [0.1, 0.15) is 11.8 Å². The molecule has 166 valence electrons. The minimum atomic E-state index is -1.27. The number of nitrogen functional groups attached to an aromatic ring is 1. The molecule has 12 nitrogen and oxygen atoms in total. The Morgan fingerprint density at radius 3 is 2.74 bits per heavy atom. The molecule has 12 heteroatoms. The number of anilines is 2. The van der Waals surface area contributed by atoms with Crippen molar-refractivity contribution in [3.05, 3.63) is 30.1 Å². The van der Waals surface area contributed by atoms with E-state index in [4.69, 9.17) is 15.2 Å². The van der Waals surface area contributed by atoms with Gasteiger partial charge in [-0.25, -0.2) is 4.98 Å². The van der Waals surface area contributed by atoms with Gasteiger partial charge in [0.1, 0.15) is 18.3 Å². The van der Waals surface area contributed by atoms with E-state index in [-0.39, 0.29) is 11.7 Å². The molecule has 3 aromatic rings. The molecule has 1 fully saturated rings. The Morgan fingerprint density at radius 2 is 2.06 bits per heavy atom. The Bertz CT molecular complexity index is 1080. The van der Waals surface area contributed by atoms with Crippen molar-refractivity contribution in [3.8, 4) is 11.5 Å². The number of phenols is 1. The van der Waals surface area contributed by atoms with E-state index in [1.807, 2.05) is 6.07 Å². The van der Waals surface area contributed by atoms with Crippen LogP contribution in [0.15, 0.2) is 24.5 Å². The number of phenolic OH excluding ortho intramolecular Hbond substituents is 1. The molecule has 1 unspecified atom stereocenters. The quantitative estimate of drug-likeness (QED) is 0.280. The number of aromatic nitrogens is 4. The molecule has 1 aromatic carbocycles. The summed E-state index contributed by atoms with van der Waals surface area (Å²) < 4.78 is 12.0. The summed E-state index contributed by atoms with van der Waals surface area (Å²) in [5.74, 6) is 0.847. The first-order valence-corrected chi connectivity index (χ1v) is 9.65. The number of benzene rings is 1. The normalized spacial score (nSPS) is 23.4. The Kier molecular flexibility index (Phi) is 5.78. The molecule has 31 heavy (non-hydrogen) atoms. The van der Waals surface area contributed by atoms with Gasteiger partial charge >= 0.3 is 0 Å². The van der Waals surface area contributed by atoms with Gasteiger partial charge in [0.05, 0.1) is 20.0 Å². The fourth-order valence-corrected chi connectivity index (χ4v) is 3.57. The molecule has 4 atom stereocenters. The molecule has 1 aliphatic heterocycles. The standard InChI is InChI=1S/C19H24N6O6/c1-30-11-3-2-9(6-10(11)27)4-5-21-16-13-17(24-19(20)23-16)25(8-22-13)18-15(29)14(28)12(7-26)31-18/h2-3,6,8,12,14-15,18,26-29H,4-5,7H2,1H3,(H3,20,21,23,24)/t12-,14-,15-,18?/m1/s1. The van der Waals surface area contributed by atoms with Crippen molar-refractivity contribution in [1.82, 2.24) is 19.5 Å². The van der Waals surface area contributed by atoms with Gasteiger partial charge in [-0.15, -0.1) is 0 Å². The molecule has 0 saturated carbocycles. The molecule has 1 aliphatic rings. The molecule has 2 aromatic heterocycles. The number of nitrogens with two attached hydrogens (primary N) is 1. The maximum absolute atomic E-state index is 10.3. The lowest BCUT2D eigenvalue weighted by molar-refractivity contribution is -0.0511. The molecular formula is C19H24N6O6. The number of hydrogen-bond donors (Lipinski definition) is 6. The smallest absolute Gasteiger partial charge is 0.224 e. The Balaban J connectivity index is 1.54. The number of aromatic hydroxyl groups is 1. The average molecular weight is 432 g/mol. The van der Waals surface area contributed by atoms with Gasteiger partial charge in [0, 0.05) is 6.54 Å². The number of ether oxygens (including phenoxy) is 2. The Labute approximate surface area is 176 Å². The largest absolute Gasteiger partial charge is 0.504 e. The summed E-state index contributed by atoms with van der Waals surface area (Å²) in [5.41, 5.74) is 7.47. The van der Waals surface area contributed by atoms with Crippen LogP contribution in [0, 0.1) is 0 Å². The first kappa shape index (κ1) is 21.1. The molecular weight excluding hydrogens is 408 g/mol. The third-order valence-electron chi connectivity index (χ3n) is 5.18. The van der Waals surface area contributed by atoms with Crippen LogP contribution >= 0.6 is 0 Å². The van der Waals surface area contributed by atoms with Gasteiger partial charge in [-0.05, 0) is 24.1 Å². The van der Waals surface area contributed by atoms with E-state index in [0.29, 0.717) is 35.7 Å². The molecule has 1 saturated heterocycles. The molecule has 7 N–H and O–H groups in total. The number of fused-ring (bicyclic) bond motifs is 1. The van der Waals surface area contributed by atoms with Gasteiger partial charge in [0.2, 0.25) is 5.95 Å². The number of rotatable bonds is 7. The zero-order chi connectivity index (χ0) is 22.1. The third kappa shape index (κ3) is 3.93. The predicted molar refractivity (Wildman–Crippen MR) is 110 cm³/mol. The minimum Gasteiger partial charge on any atom is -0.504 e. The van der Waals surface area contributed by atoms with Crippen LogP contribution in [0.3, 0.4) is 0 Å². The van der Waals surface area contributed by atoms with Crippen LogP contribution in [0.2, 0.25) is 0 Å². The number of nitrogens with zero attached hydrogens (tertiary/aromatic N) is 4. The van der Waals surface area contributed by atoms with E-state index in [0.717, 1.165) is 5.56 Å². The third-order valence-corrected chi connectivity index (χ3v) is 5.18. The van der Waals surface area contributed by atoms with Crippen LogP contribution < -0.4 is 15.8 Å². The van der Waals surface area contributed by atoms with Gasteiger partial charge < -0.3 is 41.0 Å². The topological polar surface area (TPSA) is 181 Å². The molecule has 0 spiro atoms. The average Bonchev–Trinajstić information content (AvgIpc) is 3.29. The van der Waals surface area contributed by atoms with Crippen molar-refractivity contribution >= 4 is 22.9 Å². The molecule has 0 radical (unpaired) electrons. The highest BCUT2D eigenvalue weighted by atomic mass is 16.6. The second kappa shape index (κ2) is 8.51. The fraction of sp³-hybridized carbons (Fsp3) is 0.421. The van der Waals surface area contributed by atoms with E-state index in [2.05, 4.69) is 20.3 Å². The number of aliphatic hydroxyl groups is 3. The van der Waals surface area contributed by atoms with Crippen LogP contribution in [0.4, 0.5) is 11.8 Å². The maximum Gasteiger partial charge on any atom is 0.224 e. The predicted octanol–water partition coefficient (Wildman–Crippen LogP) is -0.611. The van der Waals surface area contributed by atoms with Gasteiger partial charge in [-0.3, -0.25) is 4.57 Å². The van der Waals surface area contributed by atoms with E-state index in [1.54, 1.807) is 12.1 Å². The Morgan fingerprint density at radius 1 is 1.26 bits per heavy atom. The lowest BCUT2D eigenvalue weighted by Gasteiger charge is -2.16. The second-order valence-electron chi connectivity index (χ2n) is 7.17. The molecule has 0 aliphatic carbocycles. The van der Waals surface area contributed by atoms with Crippen LogP contribution in [0.25, 0.3) is 11.2 Å². The maximum atomic E-state index is 10.3. The highest BCUT2D eigenvalue weighted by molar-refractivity contribution is 5.84. The molecule has 0 amide bonds. The van der Waals surface area contributed by atoms with Crippen LogP contribution in [-0.2, 0) is 11.2 Å². The summed E-state index contributed by atoms with van der Waals surface area (Å²) >= 11 is 0. The lowest BCUT2D eigenvalue weighted by atomic mass is 10.1. The second-order valence-corrected chi connectivity index (χ2v) is 7.17. The summed E-state index contributed by atoms with van der Waals surface area (Å²) in [6.45, 7) is 0.0320. The van der Waals surface area contributed by atoms with Crippen LogP contribution in [0.5, 0.6) is 11.5 Å².